The molecule has 3 aliphatic rings. The Morgan fingerprint density at radius 3 is 2.72 bits per heavy atom. The minimum absolute atomic E-state index is 0.254. The standard InChI is InChI=1S/C25H26F2N4O3.C2H6/c1-16-15-30(9-8-28-16)21-7-4-17(12-22(21)32-3)13-23-24-29-34-25(2,31(24)10-11-33-23)19-6-5-18(26)14-20(19)27;1-2/h4-8,12-15,24,29H,9-11H2,1-3H3;1-2H3/b23-13-;. The van der Waals surface area contributed by atoms with Gasteiger partial charge in [-0.3, -0.25) is 9.83 Å². The van der Waals surface area contributed by atoms with Crippen molar-refractivity contribution in [2.24, 2.45) is 4.99 Å². The lowest BCUT2D eigenvalue weighted by atomic mass is 10.0. The average molecular weight is 499 g/mol. The van der Waals surface area contributed by atoms with Crippen LogP contribution in [0.1, 0.15) is 38.8 Å². The van der Waals surface area contributed by atoms with Crippen LogP contribution in [-0.4, -0.2) is 44.1 Å². The first kappa shape index (κ1) is 25.8. The molecule has 0 aliphatic carbocycles. The van der Waals surface area contributed by atoms with Crippen LogP contribution in [0, 0.1) is 11.6 Å². The molecule has 0 aromatic heterocycles. The monoisotopic (exact) mass is 498 g/mol. The van der Waals surface area contributed by atoms with Crippen molar-refractivity contribution in [2.45, 2.75) is 39.6 Å². The van der Waals surface area contributed by atoms with E-state index in [0.29, 0.717) is 25.5 Å². The summed E-state index contributed by atoms with van der Waals surface area (Å²) in [6.07, 6.45) is 5.32. The summed E-state index contributed by atoms with van der Waals surface area (Å²) in [5.41, 5.74) is 4.84. The zero-order valence-corrected chi connectivity index (χ0v) is 21.2. The van der Waals surface area contributed by atoms with Gasteiger partial charge in [-0.15, -0.1) is 0 Å². The van der Waals surface area contributed by atoms with Gasteiger partial charge < -0.3 is 14.4 Å². The second kappa shape index (κ2) is 10.8. The van der Waals surface area contributed by atoms with Crippen LogP contribution in [0.5, 0.6) is 5.75 Å². The molecule has 192 valence electrons. The number of benzene rings is 2. The maximum Gasteiger partial charge on any atom is 0.170 e. The molecule has 2 unspecified atom stereocenters. The van der Waals surface area contributed by atoms with Gasteiger partial charge in [0.1, 0.15) is 35.9 Å². The maximum absolute atomic E-state index is 14.6. The first-order chi connectivity index (χ1) is 17.4. The Balaban J connectivity index is 0.00000148. The number of hydrogen-bond acceptors (Lipinski definition) is 7. The molecule has 0 bridgehead atoms. The van der Waals surface area contributed by atoms with Crippen LogP contribution in [0.25, 0.3) is 6.08 Å². The number of morpholine rings is 1. The predicted octanol–water partition coefficient (Wildman–Crippen LogP) is 5.16. The molecular weight excluding hydrogens is 466 g/mol. The van der Waals surface area contributed by atoms with Crippen LogP contribution in [0.2, 0.25) is 0 Å². The average Bonchev–Trinajstić information content (AvgIpc) is 3.23. The fourth-order valence-electron chi connectivity index (χ4n) is 4.57. The van der Waals surface area contributed by atoms with Gasteiger partial charge in [0.2, 0.25) is 0 Å². The van der Waals surface area contributed by atoms with Crippen LogP contribution >= 0.6 is 0 Å². The Bertz CT molecular complexity index is 1200. The van der Waals surface area contributed by atoms with Crippen LogP contribution in [0.3, 0.4) is 0 Å². The highest BCUT2D eigenvalue weighted by Crippen LogP contribution is 2.40. The van der Waals surface area contributed by atoms with Crippen LogP contribution in [-0.2, 0) is 15.3 Å². The van der Waals surface area contributed by atoms with Gasteiger partial charge in [-0.25, -0.2) is 13.7 Å². The van der Waals surface area contributed by atoms with E-state index in [1.807, 2.05) is 62.4 Å². The number of aliphatic imine (C=N–C) groups is 1. The summed E-state index contributed by atoms with van der Waals surface area (Å²) in [4.78, 5) is 14.2. The number of allylic oxidation sites excluding steroid dienone is 1. The molecule has 2 aromatic rings. The quantitative estimate of drug-likeness (QED) is 0.629. The lowest BCUT2D eigenvalue weighted by Gasteiger charge is -2.38. The summed E-state index contributed by atoms with van der Waals surface area (Å²) >= 11 is 0. The van der Waals surface area contributed by atoms with Gasteiger partial charge in [-0.05, 0) is 49.8 Å². The number of rotatable bonds is 4. The molecule has 5 rings (SSSR count). The lowest BCUT2D eigenvalue weighted by molar-refractivity contribution is -0.113. The van der Waals surface area contributed by atoms with Gasteiger partial charge in [-0.1, -0.05) is 19.9 Å². The third kappa shape index (κ3) is 4.86. The van der Waals surface area contributed by atoms with E-state index in [0.717, 1.165) is 28.8 Å². The van der Waals surface area contributed by atoms with E-state index in [4.69, 9.17) is 14.3 Å². The normalized spacial score (nSPS) is 24.5. The summed E-state index contributed by atoms with van der Waals surface area (Å²) < 4.78 is 39.7. The molecule has 36 heavy (non-hydrogen) atoms. The first-order valence-corrected chi connectivity index (χ1v) is 12.0. The third-order valence-electron chi connectivity index (χ3n) is 6.27. The molecule has 2 aromatic carbocycles. The van der Waals surface area contributed by atoms with E-state index in [1.165, 1.54) is 12.1 Å². The minimum atomic E-state index is -1.12. The molecule has 7 nitrogen and oxygen atoms in total. The molecular formula is C27H32F2N4O3. The smallest absolute Gasteiger partial charge is 0.170 e. The Kier molecular flexibility index (Phi) is 7.73. The Labute approximate surface area is 210 Å². The summed E-state index contributed by atoms with van der Waals surface area (Å²) in [5.74, 6) is 0.0625. The van der Waals surface area contributed by atoms with Gasteiger partial charge in [0, 0.05) is 30.6 Å². The van der Waals surface area contributed by atoms with Gasteiger partial charge in [0.25, 0.3) is 0 Å². The van der Waals surface area contributed by atoms with Crippen molar-refractivity contribution >= 4 is 18.0 Å². The minimum Gasteiger partial charge on any atom is -0.495 e. The Hall–Kier alpha value is -3.27. The second-order valence-corrected chi connectivity index (χ2v) is 8.48. The van der Waals surface area contributed by atoms with Crippen molar-refractivity contribution in [3.63, 3.8) is 0 Å². The van der Waals surface area contributed by atoms with E-state index in [9.17, 15) is 8.78 Å². The number of fused-ring (bicyclic) bond motifs is 1. The van der Waals surface area contributed by atoms with Crippen molar-refractivity contribution in [3.8, 4) is 5.75 Å². The molecule has 0 saturated carbocycles. The predicted molar refractivity (Wildman–Crippen MR) is 136 cm³/mol. The van der Waals surface area contributed by atoms with Crippen molar-refractivity contribution in [3.05, 3.63) is 76.8 Å². The summed E-state index contributed by atoms with van der Waals surface area (Å²) in [5, 5.41) is 0. The number of nitrogens with one attached hydrogen (secondary N) is 1. The van der Waals surface area contributed by atoms with Crippen molar-refractivity contribution < 1.29 is 23.1 Å². The van der Waals surface area contributed by atoms with Crippen molar-refractivity contribution in [2.75, 3.05) is 31.7 Å². The zero-order chi connectivity index (χ0) is 25.9. The van der Waals surface area contributed by atoms with E-state index in [1.54, 1.807) is 14.0 Å². The Morgan fingerprint density at radius 2 is 2.00 bits per heavy atom. The van der Waals surface area contributed by atoms with Gasteiger partial charge in [-0.2, -0.15) is 5.48 Å². The SMILES string of the molecule is CC.COc1cc(/C=C2\OCCN3C2NOC3(C)c2ccc(F)cc2F)ccc1N1C=C(C)N=CC1. The molecule has 2 atom stereocenters. The largest absolute Gasteiger partial charge is 0.495 e. The third-order valence-corrected chi connectivity index (χ3v) is 6.27. The van der Waals surface area contributed by atoms with E-state index < -0.39 is 23.5 Å². The summed E-state index contributed by atoms with van der Waals surface area (Å²) in [7, 11) is 1.64. The molecule has 3 heterocycles. The number of methoxy groups -OCH3 is 1. The van der Waals surface area contributed by atoms with E-state index in [2.05, 4.69) is 15.4 Å². The second-order valence-electron chi connectivity index (χ2n) is 8.48. The van der Waals surface area contributed by atoms with Crippen molar-refractivity contribution in [1.82, 2.24) is 10.4 Å². The molecule has 0 amide bonds. The number of halogens is 2. The molecule has 2 saturated heterocycles. The van der Waals surface area contributed by atoms with Gasteiger partial charge in [0.15, 0.2) is 5.72 Å². The molecule has 3 aliphatic heterocycles. The highest BCUT2D eigenvalue weighted by atomic mass is 19.1. The first-order valence-electron chi connectivity index (χ1n) is 12.0. The molecule has 1 N–H and O–H groups in total. The fraction of sp³-hybridized carbons (Fsp3) is 0.370. The van der Waals surface area contributed by atoms with Crippen LogP contribution in [0.4, 0.5) is 14.5 Å². The number of hydrogen-bond donors (Lipinski definition) is 1. The van der Waals surface area contributed by atoms with Gasteiger partial charge in [0.05, 0.1) is 25.0 Å². The molecule has 9 heteroatoms. The number of ether oxygens (including phenoxy) is 2. The fourth-order valence-corrected chi connectivity index (χ4v) is 4.57. The molecule has 0 spiro atoms. The topological polar surface area (TPSA) is 58.6 Å². The maximum atomic E-state index is 14.6. The number of nitrogens with zero attached hydrogens (tertiary/aromatic N) is 3. The Morgan fingerprint density at radius 1 is 1.19 bits per heavy atom. The van der Waals surface area contributed by atoms with Gasteiger partial charge >= 0.3 is 0 Å². The van der Waals surface area contributed by atoms with Crippen LogP contribution in [0.15, 0.2) is 59.0 Å². The number of hydroxylamine groups is 1. The highest BCUT2D eigenvalue weighted by molar-refractivity contribution is 5.74. The van der Waals surface area contributed by atoms with Crippen molar-refractivity contribution in [1.29, 1.82) is 0 Å². The highest BCUT2D eigenvalue weighted by Gasteiger charge is 2.50. The molecule has 2 fully saturated rings. The lowest BCUT2D eigenvalue weighted by Crippen LogP contribution is -2.50. The summed E-state index contributed by atoms with van der Waals surface area (Å²) in [6, 6.07) is 9.43. The van der Waals surface area contributed by atoms with E-state index >= 15 is 0 Å². The summed E-state index contributed by atoms with van der Waals surface area (Å²) in [6.45, 7) is 9.27. The van der Waals surface area contributed by atoms with E-state index in [-0.39, 0.29) is 5.56 Å². The number of anilines is 1. The molecule has 0 radical (unpaired) electrons. The zero-order valence-electron chi connectivity index (χ0n) is 21.2. The van der Waals surface area contributed by atoms with Crippen LogP contribution < -0.4 is 15.1 Å².